The number of methoxy groups -OCH3 is 1. The van der Waals surface area contributed by atoms with Crippen LogP contribution in [0.1, 0.15) is 12.0 Å². The van der Waals surface area contributed by atoms with E-state index in [2.05, 4.69) is 41.0 Å². The summed E-state index contributed by atoms with van der Waals surface area (Å²) >= 11 is 0. The van der Waals surface area contributed by atoms with Gasteiger partial charge in [-0.25, -0.2) is 9.97 Å². The molecule has 8 nitrogen and oxygen atoms in total. The maximum Gasteiger partial charge on any atom is 0.225 e. The van der Waals surface area contributed by atoms with Crippen LogP contribution in [0.2, 0.25) is 0 Å². The molecule has 0 unspecified atom stereocenters. The highest BCUT2D eigenvalue weighted by Crippen LogP contribution is 2.18. The molecule has 2 heterocycles. The largest absolute Gasteiger partial charge is 0.496 e. The van der Waals surface area contributed by atoms with Crippen LogP contribution in [0, 0.1) is 0 Å². The highest BCUT2D eigenvalue weighted by atomic mass is 127. The lowest BCUT2D eigenvalue weighted by molar-refractivity contribution is 0.254. The van der Waals surface area contributed by atoms with Crippen molar-refractivity contribution in [3.63, 3.8) is 0 Å². The number of guanidine groups is 1. The average molecular weight is 539 g/mol. The third-order valence-electron chi connectivity index (χ3n) is 5.31. The van der Waals surface area contributed by atoms with E-state index in [9.17, 15) is 0 Å². The molecule has 3 rings (SSSR count). The minimum absolute atomic E-state index is 0. The Labute approximate surface area is 202 Å². The van der Waals surface area contributed by atoms with Gasteiger partial charge < -0.3 is 19.9 Å². The van der Waals surface area contributed by atoms with Crippen molar-refractivity contribution < 1.29 is 4.74 Å². The molecule has 2 aromatic rings. The van der Waals surface area contributed by atoms with Crippen LogP contribution in [0.3, 0.4) is 0 Å². The lowest BCUT2D eigenvalue weighted by Crippen LogP contribution is -2.47. The smallest absolute Gasteiger partial charge is 0.225 e. The summed E-state index contributed by atoms with van der Waals surface area (Å²) in [7, 11) is 5.58. The van der Waals surface area contributed by atoms with Crippen LogP contribution in [0.15, 0.2) is 47.7 Å². The Kier molecular flexibility index (Phi) is 10.8. The summed E-state index contributed by atoms with van der Waals surface area (Å²) in [6.07, 6.45) is 4.68. The number of aromatic nitrogens is 2. The first-order valence-corrected chi connectivity index (χ1v) is 10.5. The summed E-state index contributed by atoms with van der Waals surface area (Å²) in [5.41, 5.74) is 1.14. The molecule has 31 heavy (non-hydrogen) atoms. The second kappa shape index (κ2) is 13.3. The van der Waals surface area contributed by atoms with Crippen molar-refractivity contribution >= 4 is 35.9 Å². The number of para-hydroxylation sites is 1. The summed E-state index contributed by atoms with van der Waals surface area (Å²) in [5, 5.41) is 3.48. The molecule has 1 aliphatic rings. The van der Waals surface area contributed by atoms with Crippen molar-refractivity contribution in [3.05, 3.63) is 48.3 Å². The number of rotatable bonds is 8. The van der Waals surface area contributed by atoms with E-state index in [4.69, 9.17) is 4.74 Å². The molecule has 1 N–H and O–H groups in total. The number of piperazine rings is 1. The van der Waals surface area contributed by atoms with Gasteiger partial charge in [0.15, 0.2) is 5.96 Å². The third kappa shape index (κ3) is 7.49. The van der Waals surface area contributed by atoms with Crippen molar-refractivity contribution in [2.75, 3.05) is 65.4 Å². The molecule has 1 fully saturated rings. The zero-order valence-electron chi connectivity index (χ0n) is 18.7. The van der Waals surface area contributed by atoms with Gasteiger partial charge in [-0.15, -0.1) is 24.0 Å². The quantitative estimate of drug-likeness (QED) is 0.239. The van der Waals surface area contributed by atoms with Crippen LogP contribution in [0.5, 0.6) is 5.75 Å². The van der Waals surface area contributed by atoms with Crippen molar-refractivity contribution in [3.8, 4) is 5.75 Å². The van der Waals surface area contributed by atoms with Crippen molar-refractivity contribution in [1.29, 1.82) is 0 Å². The number of hydrogen-bond donors (Lipinski definition) is 1. The Morgan fingerprint density at radius 2 is 1.84 bits per heavy atom. The Hall–Kier alpha value is -2.14. The SMILES string of the molecule is CN=C(NCCCN1CCN(c2ncccn2)CC1)N(C)Cc1ccccc1OC.I. The molecule has 1 aliphatic heterocycles. The summed E-state index contributed by atoms with van der Waals surface area (Å²) < 4.78 is 5.46. The minimum atomic E-state index is 0. The summed E-state index contributed by atoms with van der Waals surface area (Å²) in [4.78, 5) is 20.0. The summed E-state index contributed by atoms with van der Waals surface area (Å²) in [5.74, 6) is 2.63. The second-order valence-corrected chi connectivity index (χ2v) is 7.37. The standard InChI is InChI=1S/C22H33N7O.HI/c1-23-21(27(2)18-19-8-4-5-9-20(19)30-3)24-12-7-13-28-14-16-29(17-15-28)22-25-10-6-11-26-22;/h4-6,8-11H,7,12-18H2,1-3H3,(H,23,24);1H. The second-order valence-electron chi connectivity index (χ2n) is 7.37. The minimum Gasteiger partial charge on any atom is -0.496 e. The summed E-state index contributed by atoms with van der Waals surface area (Å²) in [6.45, 7) is 6.74. The van der Waals surface area contributed by atoms with E-state index in [0.29, 0.717) is 0 Å². The van der Waals surface area contributed by atoms with Gasteiger partial charge >= 0.3 is 0 Å². The normalized spacial score (nSPS) is 14.7. The van der Waals surface area contributed by atoms with Gasteiger partial charge in [-0.1, -0.05) is 18.2 Å². The Morgan fingerprint density at radius 3 is 2.52 bits per heavy atom. The van der Waals surface area contributed by atoms with Gasteiger partial charge in [0, 0.05) is 71.3 Å². The highest BCUT2D eigenvalue weighted by Gasteiger charge is 2.18. The first kappa shape index (κ1) is 25.1. The fourth-order valence-corrected chi connectivity index (χ4v) is 3.68. The number of hydrogen-bond acceptors (Lipinski definition) is 6. The van der Waals surface area contributed by atoms with Crippen molar-refractivity contribution in [2.24, 2.45) is 4.99 Å². The number of anilines is 1. The molecule has 0 spiro atoms. The van der Waals surface area contributed by atoms with E-state index >= 15 is 0 Å². The number of nitrogens with zero attached hydrogens (tertiary/aromatic N) is 6. The highest BCUT2D eigenvalue weighted by molar-refractivity contribution is 14.0. The van der Waals surface area contributed by atoms with E-state index in [-0.39, 0.29) is 24.0 Å². The molecule has 0 bridgehead atoms. The van der Waals surface area contributed by atoms with Gasteiger partial charge in [0.2, 0.25) is 5.95 Å². The first-order valence-electron chi connectivity index (χ1n) is 10.5. The number of ether oxygens (including phenoxy) is 1. The Morgan fingerprint density at radius 1 is 1.13 bits per heavy atom. The van der Waals surface area contributed by atoms with Crippen LogP contribution in [-0.2, 0) is 6.54 Å². The van der Waals surface area contributed by atoms with E-state index < -0.39 is 0 Å². The van der Waals surface area contributed by atoms with Gasteiger partial charge in [-0.3, -0.25) is 9.89 Å². The molecule has 1 saturated heterocycles. The zero-order valence-corrected chi connectivity index (χ0v) is 21.0. The maximum atomic E-state index is 5.46. The molecular formula is C22H34IN7O. The fourth-order valence-electron chi connectivity index (χ4n) is 3.68. The first-order chi connectivity index (χ1) is 14.7. The van der Waals surface area contributed by atoms with Gasteiger partial charge in [0.1, 0.15) is 5.75 Å². The summed E-state index contributed by atoms with van der Waals surface area (Å²) in [6, 6.07) is 9.95. The molecule has 9 heteroatoms. The van der Waals surface area contributed by atoms with Crippen LogP contribution in [0.4, 0.5) is 5.95 Å². The van der Waals surface area contributed by atoms with Gasteiger partial charge in [-0.2, -0.15) is 0 Å². The molecule has 0 saturated carbocycles. The van der Waals surface area contributed by atoms with E-state index in [0.717, 1.165) is 75.5 Å². The Balaban J connectivity index is 0.00000341. The molecular weight excluding hydrogens is 505 g/mol. The molecule has 1 aromatic heterocycles. The van der Waals surface area contributed by atoms with E-state index in [1.807, 2.05) is 38.4 Å². The number of nitrogens with one attached hydrogen (secondary N) is 1. The zero-order chi connectivity index (χ0) is 21.2. The molecule has 0 atom stereocenters. The van der Waals surface area contributed by atoms with Gasteiger partial charge in [-0.05, 0) is 25.1 Å². The van der Waals surface area contributed by atoms with E-state index in [1.165, 1.54) is 0 Å². The molecule has 0 aliphatic carbocycles. The van der Waals surface area contributed by atoms with Gasteiger partial charge in [0.05, 0.1) is 7.11 Å². The topological polar surface area (TPSA) is 69.1 Å². The third-order valence-corrected chi connectivity index (χ3v) is 5.31. The fraction of sp³-hybridized carbons (Fsp3) is 0.500. The molecule has 1 aromatic carbocycles. The molecule has 170 valence electrons. The molecule has 0 radical (unpaired) electrons. The monoisotopic (exact) mass is 539 g/mol. The molecule has 0 amide bonds. The Bertz CT molecular complexity index is 797. The predicted octanol–water partition coefficient (Wildman–Crippen LogP) is 2.32. The number of aliphatic imine (C=N–C) groups is 1. The average Bonchev–Trinajstić information content (AvgIpc) is 2.80. The van der Waals surface area contributed by atoms with Crippen molar-refractivity contribution in [2.45, 2.75) is 13.0 Å². The van der Waals surface area contributed by atoms with Crippen LogP contribution in [0.25, 0.3) is 0 Å². The van der Waals surface area contributed by atoms with Crippen molar-refractivity contribution in [1.82, 2.24) is 25.1 Å². The predicted molar refractivity (Wildman–Crippen MR) is 137 cm³/mol. The lowest BCUT2D eigenvalue weighted by atomic mass is 10.2. The number of benzene rings is 1. The van der Waals surface area contributed by atoms with Gasteiger partial charge in [0.25, 0.3) is 0 Å². The van der Waals surface area contributed by atoms with E-state index in [1.54, 1.807) is 19.5 Å². The lowest BCUT2D eigenvalue weighted by Gasteiger charge is -2.34. The van der Waals surface area contributed by atoms with Crippen LogP contribution >= 0.6 is 24.0 Å². The van der Waals surface area contributed by atoms with Crippen LogP contribution in [-0.4, -0.2) is 86.2 Å². The van der Waals surface area contributed by atoms with Crippen LogP contribution < -0.4 is 15.0 Å². The number of halogens is 1. The maximum absolute atomic E-state index is 5.46.